The first-order valence-electron chi connectivity index (χ1n) is 5.32. The zero-order chi connectivity index (χ0) is 11.8. The Bertz CT molecular complexity index is 686. The Balaban J connectivity index is 2.47. The van der Waals surface area contributed by atoms with E-state index in [-0.39, 0.29) is 0 Å². The number of hydrazine groups is 2. The number of fused-ring (bicyclic) bond motifs is 3. The number of nitrogens with two attached hydrogens (primary N) is 2. The molecular formula is C12H13N5. The van der Waals surface area contributed by atoms with Crippen LogP contribution in [0.3, 0.4) is 0 Å². The number of hydrogen-bond donors (Lipinski definition) is 5. The summed E-state index contributed by atoms with van der Waals surface area (Å²) in [6.07, 6.45) is 0. The molecule has 0 radical (unpaired) electrons. The maximum Gasteiger partial charge on any atom is 0.0976 e. The highest BCUT2D eigenvalue weighted by Gasteiger charge is 2.10. The van der Waals surface area contributed by atoms with E-state index >= 15 is 0 Å². The van der Waals surface area contributed by atoms with Gasteiger partial charge in [0.25, 0.3) is 0 Å². The summed E-state index contributed by atoms with van der Waals surface area (Å²) in [5.74, 6) is 11.0. The first-order valence-corrected chi connectivity index (χ1v) is 5.32. The fraction of sp³-hybridized carbons (Fsp3) is 0. The maximum absolute atomic E-state index is 5.55. The summed E-state index contributed by atoms with van der Waals surface area (Å²) in [6.45, 7) is 0. The van der Waals surface area contributed by atoms with E-state index in [0.717, 1.165) is 27.8 Å². The van der Waals surface area contributed by atoms with Crippen LogP contribution in [0.25, 0.3) is 21.8 Å². The number of nitrogen functional groups attached to an aromatic ring is 2. The normalized spacial score (nSPS) is 10.9. The fourth-order valence-corrected chi connectivity index (χ4v) is 2.19. The van der Waals surface area contributed by atoms with Gasteiger partial charge in [0.1, 0.15) is 0 Å². The van der Waals surface area contributed by atoms with Gasteiger partial charge in [0.05, 0.1) is 16.9 Å². The van der Waals surface area contributed by atoms with Crippen LogP contribution in [0.5, 0.6) is 0 Å². The van der Waals surface area contributed by atoms with Gasteiger partial charge in [-0.1, -0.05) is 18.2 Å². The number of rotatable bonds is 2. The molecule has 0 bridgehead atoms. The van der Waals surface area contributed by atoms with E-state index in [2.05, 4.69) is 21.9 Å². The van der Waals surface area contributed by atoms with Crippen LogP contribution in [0, 0.1) is 0 Å². The Hall–Kier alpha value is -2.24. The van der Waals surface area contributed by atoms with E-state index in [1.807, 2.05) is 30.3 Å². The van der Waals surface area contributed by atoms with Crippen LogP contribution in [-0.4, -0.2) is 4.98 Å². The van der Waals surface area contributed by atoms with Gasteiger partial charge in [-0.3, -0.25) is 11.7 Å². The molecule has 0 aliphatic heterocycles. The smallest absolute Gasteiger partial charge is 0.0976 e. The van der Waals surface area contributed by atoms with Gasteiger partial charge in [0, 0.05) is 16.3 Å². The minimum Gasteiger partial charge on any atom is -0.353 e. The van der Waals surface area contributed by atoms with Crippen molar-refractivity contribution >= 4 is 33.2 Å². The van der Waals surface area contributed by atoms with Crippen molar-refractivity contribution in [1.82, 2.24) is 4.98 Å². The molecule has 0 atom stereocenters. The summed E-state index contributed by atoms with van der Waals surface area (Å²) in [5.41, 5.74) is 8.84. The SMILES string of the molecule is NNc1ccc2c([nH]c3ccccc32)c1NN. The maximum atomic E-state index is 5.55. The first kappa shape index (κ1) is 9.95. The van der Waals surface area contributed by atoms with E-state index in [4.69, 9.17) is 11.7 Å². The summed E-state index contributed by atoms with van der Waals surface area (Å²) >= 11 is 0. The topological polar surface area (TPSA) is 91.9 Å². The minimum absolute atomic E-state index is 0.756. The molecule has 1 heterocycles. The van der Waals surface area contributed by atoms with Gasteiger partial charge >= 0.3 is 0 Å². The lowest BCUT2D eigenvalue weighted by molar-refractivity contribution is 1.31. The first-order chi connectivity index (χ1) is 8.35. The lowest BCUT2D eigenvalue weighted by Gasteiger charge is -2.08. The van der Waals surface area contributed by atoms with Crippen molar-refractivity contribution < 1.29 is 0 Å². The van der Waals surface area contributed by atoms with E-state index in [9.17, 15) is 0 Å². The Morgan fingerprint density at radius 3 is 2.47 bits per heavy atom. The molecule has 0 aliphatic carbocycles. The molecule has 5 nitrogen and oxygen atoms in total. The van der Waals surface area contributed by atoms with Gasteiger partial charge in [0.15, 0.2) is 0 Å². The molecule has 86 valence electrons. The van der Waals surface area contributed by atoms with Crippen molar-refractivity contribution in [2.45, 2.75) is 0 Å². The summed E-state index contributed by atoms with van der Waals surface area (Å²) in [7, 11) is 0. The van der Waals surface area contributed by atoms with E-state index in [0.29, 0.717) is 0 Å². The second-order valence-electron chi connectivity index (χ2n) is 3.87. The number of hydrogen-bond acceptors (Lipinski definition) is 4. The van der Waals surface area contributed by atoms with Gasteiger partial charge in [-0.25, -0.2) is 0 Å². The highest BCUT2D eigenvalue weighted by Crippen LogP contribution is 2.34. The summed E-state index contributed by atoms with van der Waals surface area (Å²) in [6, 6.07) is 12.0. The quantitative estimate of drug-likeness (QED) is 0.341. The molecule has 0 unspecified atom stereocenters. The van der Waals surface area contributed by atoms with Crippen LogP contribution >= 0.6 is 0 Å². The van der Waals surface area contributed by atoms with Crippen LogP contribution < -0.4 is 22.5 Å². The van der Waals surface area contributed by atoms with Crippen molar-refractivity contribution in [3.63, 3.8) is 0 Å². The predicted octanol–water partition coefficient (Wildman–Crippen LogP) is 1.89. The minimum atomic E-state index is 0.756. The Morgan fingerprint density at radius 2 is 1.71 bits per heavy atom. The molecule has 1 aromatic heterocycles. The van der Waals surface area contributed by atoms with Crippen molar-refractivity contribution in [3.8, 4) is 0 Å². The van der Waals surface area contributed by atoms with Gasteiger partial charge < -0.3 is 15.8 Å². The van der Waals surface area contributed by atoms with Crippen LogP contribution in [0.15, 0.2) is 36.4 Å². The lowest BCUT2D eigenvalue weighted by Crippen LogP contribution is -2.14. The largest absolute Gasteiger partial charge is 0.353 e. The second-order valence-corrected chi connectivity index (χ2v) is 3.87. The molecule has 17 heavy (non-hydrogen) atoms. The third kappa shape index (κ3) is 1.33. The zero-order valence-electron chi connectivity index (χ0n) is 9.12. The number of benzene rings is 2. The Kier molecular flexibility index (Phi) is 2.14. The summed E-state index contributed by atoms with van der Waals surface area (Å²) in [5, 5.41) is 2.29. The van der Waals surface area contributed by atoms with Gasteiger partial charge in [-0.05, 0) is 18.2 Å². The molecule has 0 aliphatic rings. The fourth-order valence-electron chi connectivity index (χ4n) is 2.19. The molecule has 3 rings (SSSR count). The molecule has 0 amide bonds. The molecule has 3 aromatic rings. The standard InChI is InChI=1S/C12H13N5/c13-16-10-6-5-8-7-3-1-2-4-9(7)15-11(8)12(10)17-14/h1-6,15-17H,13-14H2. The highest BCUT2D eigenvalue weighted by molar-refractivity contribution is 6.13. The average molecular weight is 227 g/mol. The van der Waals surface area contributed by atoms with Gasteiger partial charge in [0.2, 0.25) is 0 Å². The lowest BCUT2D eigenvalue weighted by atomic mass is 10.1. The van der Waals surface area contributed by atoms with Crippen molar-refractivity contribution in [1.29, 1.82) is 0 Å². The molecule has 2 aromatic carbocycles. The average Bonchev–Trinajstić information content (AvgIpc) is 2.75. The van der Waals surface area contributed by atoms with Crippen LogP contribution in [0.1, 0.15) is 0 Å². The molecule has 7 N–H and O–H groups in total. The number of para-hydroxylation sites is 1. The van der Waals surface area contributed by atoms with E-state index in [1.54, 1.807) is 0 Å². The molecule has 0 fully saturated rings. The van der Waals surface area contributed by atoms with Gasteiger partial charge in [-0.15, -0.1) is 0 Å². The van der Waals surface area contributed by atoms with Crippen molar-refractivity contribution in [2.24, 2.45) is 11.7 Å². The highest BCUT2D eigenvalue weighted by atomic mass is 15.3. The van der Waals surface area contributed by atoms with Crippen molar-refractivity contribution in [2.75, 3.05) is 10.9 Å². The molecule has 0 spiro atoms. The Morgan fingerprint density at radius 1 is 0.882 bits per heavy atom. The molecule has 5 heteroatoms. The van der Waals surface area contributed by atoms with E-state index in [1.165, 1.54) is 5.39 Å². The summed E-state index contributed by atoms with van der Waals surface area (Å²) < 4.78 is 0. The van der Waals surface area contributed by atoms with E-state index < -0.39 is 0 Å². The number of anilines is 2. The second kappa shape index (κ2) is 3.65. The predicted molar refractivity (Wildman–Crippen MR) is 71.4 cm³/mol. The Labute approximate surface area is 97.7 Å². The summed E-state index contributed by atoms with van der Waals surface area (Å²) in [4.78, 5) is 3.33. The van der Waals surface area contributed by atoms with Crippen molar-refractivity contribution in [3.05, 3.63) is 36.4 Å². The molecular weight excluding hydrogens is 214 g/mol. The van der Waals surface area contributed by atoms with Gasteiger partial charge in [-0.2, -0.15) is 0 Å². The third-order valence-electron chi connectivity index (χ3n) is 2.98. The number of H-pyrrole nitrogens is 1. The molecule has 0 saturated carbocycles. The number of aromatic nitrogens is 1. The zero-order valence-corrected chi connectivity index (χ0v) is 9.12. The number of aromatic amines is 1. The van der Waals surface area contributed by atoms with Crippen LogP contribution in [-0.2, 0) is 0 Å². The monoisotopic (exact) mass is 227 g/mol. The number of nitrogens with one attached hydrogen (secondary N) is 3. The van der Waals surface area contributed by atoms with Crippen LogP contribution in [0.4, 0.5) is 11.4 Å². The molecule has 0 saturated heterocycles. The van der Waals surface area contributed by atoms with Crippen LogP contribution in [0.2, 0.25) is 0 Å². The third-order valence-corrected chi connectivity index (χ3v) is 2.98.